The van der Waals surface area contributed by atoms with Gasteiger partial charge in [0.25, 0.3) is 0 Å². The summed E-state index contributed by atoms with van der Waals surface area (Å²) in [7, 11) is 0. The van der Waals surface area contributed by atoms with Gasteiger partial charge in [-0.25, -0.2) is 4.79 Å². The predicted molar refractivity (Wildman–Crippen MR) is 47.0 cm³/mol. The number of carbonyl (C=O) groups is 2. The van der Waals surface area contributed by atoms with E-state index in [1.54, 1.807) is 13.8 Å². The lowest BCUT2D eigenvalue weighted by Crippen LogP contribution is -2.49. The Morgan fingerprint density at radius 2 is 1.92 bits per heavy atom. The molecule has 13 heavy (non-hydrogen) atoms. The normalized spacial score (nSPS) is 12.3. The summed E-state index contributed by atoms with van der Waals surface area (Å²) in [5.74, 6) is -1.04. The monoisotopic (exact) mass is 189 g/mol. The number of amides is 2. The summed E-state index contributed by atoms with van der Waals surface area (Å²) in [4.78, 5) is 21.1. The minimum absolute atomic E-state index is 0.00275. The third kappa shape index (κ3) is 7.07. The fourth-order valence-electron chi connectivity index (χ4n) is 0.711. The number of carboxylic acids is 1. The Morgan fingerprint density at radius 3 is 2.31 bits per heavy atom. The Balaban J connectivity index is 3.71. The Kier molecular flexibility index (Phi) is 4.83. The van der Waals surface area contributed by atoms with E-state index in [4.69, 9.17) is 10.8 Å². The van der Waals surface area contributed by atoms with E-state index in [-0.39, 0.29) is 12.5 Å². The minimum atomic E-state index is -1.04. The quantitative estimate of drug-likeness (QED) is 0.445. The summed E-state index contributed by atoms with van der Waals surface area (Å²) in [6.45, 7) is 3.59. The Labute approximate surface area is 76.5 Å². The molecular weight excluding hydrogens is 174 g/mol. The van der Waals surface area contributed by atoms with E-state index in [0.29, 0.717) is 0 Å². The van der Waals surface area contributed by atoms with Crippen LogP contribution in [0.25, 0.3) is 0 Å². The highest BCUT2D eigenvalue weighted by atomic mass is 16.4. The van der Waals surface area contributed by atoms with Crippen LogP contribution in [-0.2, 0) is 4.79 Å². The lowest BCUT2D eigenvalue weighted by molar-refractivity contribution is -0.137. The summed E-state index contributed by atoms with van der Waals surface area (Å²) < 4.78 is 0. The van der Waals surface area contributed by atoms with E-state index >= 15 is 0 Å². The van der Waals surface area contributed by atoms with Gasteiger partial charge in [-0.3, -0.25) is 4.79 Å². The van der Waals surface area contributed by atoms with Crippen molar-refractivity contribution in [2.75, 3.05) is 0 Å². The zero-order chi connectivity index (χ0) is 10.4. The molecule has 0 radical (unpaired) electrons. The number of nitrogens with one attached hydrogen (secondary N) is 2. The van der Waals surface area contributed by atoms with Crippen LogP contribution in [0.1, 0.15) is 20.3 Å². The van der Waals surface area contributed by atoms with Crippen molar-refractivity contribution in [1.29, 1.82) is 0 Å². The van der Waals surface area contributed by atoms with Crippen LogP contribution in [0, 0.1) is 0 Å². The molecule has 0 aliphatic heterocycles. The first-order valence-electron chi connectivity index (χ1n) is 3.96. The molecule has 1 unspecified atom stereocenters. The van der Waals surface area contributed by atoms with Crippen LogP contribution in [0.15, 0.2) is 0 Å². The zero-order valence-electron chi connectivity index (χ0n) is 7.70. The molecule has 0 spiro atoms. The van der Waals surface area contributed by atoms with Gasteiger partial charge in [0.2, 0.25) is 0 Å². The molecule has 6 heteroatoms. The zero-order valence-corrected chi connectivity index (χ0v) is 7.70. The van der Waals surface area contributed by atoms with Crippen LogP contribution in [0.2, 0.25) is 0 Å². The van der Waals surface area contributed by atoms with Crippen LogP contribution in [0.4, 0.5) is 4.79 Å². The van der Waals surface area contributed by atoms with Crippen LogP contribution in [0.3, 0.4) is 0 Å². The lowest BCUT2D eigenvalue weighted by Gasteiger charge is -2.14. The van der Waals surface area contributed by atoms with Gasteiger partial charge in [0.15, 0.2) is 0 Å². The maximum atomic E-state index is 11.0. The van der Waals surface area contributed by atoms with E-state index in [2.05, 4.69) is 10.6 Å². The van der Waals surface area contributed by atoms with E-state index in [0.717, 1.165) is 0 Å². The van der Waals surface area contributed by atoms with Crippen molar-refractivity contribution in [2.24, 2.45) is 5.73 Å². The molecule has 1 atom stereocenters. The van der Waals surface area contributed by atoms with Crippen LogP contribution < -0.4 is 16.4 Å². The van der Waals surface area contributed by atoms with E-state index in [9.17, 15) is 9.59 Å². The van der Waals surface area contributed by atoms with Crippen LogP contribution in [0.5, 0.6) is 0 Å². The second-order valence-electron chi connectivity index (χ2n) is 2.98. The minimum Gasteiger partial charge on any atom is -0.481 e. The van der Waals surface area contributed by atoms with Gasteiger partial charge in [0.1, 0.15) is 0 Å². The number of carboxylic acid groups (broad SMARTS) is 1. The van der Waals surface area contributed by atoms with Crippen molar-refractivity contribution < 1.29 is 14.7 Å². The maximum absolute atomic E-state index is 11.0. The molecule has 0 heterocycles. The number of urea groups is 1. The van der Waals surface area contributed by atoms with Crippen molar-refractivity contribution in [3.63, 3.8) is 0 Å². The van der Waals surface area contributed by atoms with Crippen molar-refractivity contribution >= 4 is 12.0 Å². The van der Waals surface area contributed by atoms with Gasteiger partial charge >= 0.3 is 12.0 Å². The molecule has 0 aliphatic carbocycles. The largest absolute Gasteiger partial charge is 0.481 e. The highest BCUT2D eigenvalue weighted by Crippen LogP contribution is 1.84. The molecule has 0 rings (SSSR count). The number of nitrogens with two attached hydrogens (primary N) is 1. The molecule has 0 aromatic carbocycles. The fourth-order valence-corrected chi connectivity index (χ4v) is 0.711. The first kappa shape index (κ1) is 11.7. The third-order valence-corrected chi connectivity index (χ3v) is 1.13. The van der Waals surface area contributed by atoms with Crippen molar-refractivity contribution in [2.45, 2.75) is 32.5 Å². The molecule has 76 valence electrons. The predicted octanol–water partition coefficient (Wildman–Crippen LogP) is -0.546. The topological polar surface area (TPSA) is 104 Å². The van der Waals surface area contributed by atoms with Gasteiger partial charge in [-0.2, -0.15) is 0 Å². The van der Waals surface area contributed by atoms with Gasteiger partial charge in [0, 0.05) is 6.04 Å². The number of rotatable bonds is 4. The van der Waals surface area contributed by atoms with Gasteiger partial charge in [0.05, 0.1) is 12.6 Å². The molecule has 0 aromatic rings. The number of hydrogen-bond donors (Lipinski definition) is 4. The highest BCUT2D eigenvalue weighted by Gasteiger charge is 2.10. The number of aliphatic carboxylic acids is 1. The summed E-state index contributed by atoms with van der Waals surface area (Å²) in [6.07, 6.45) is -1.14. The summed E-state index contributed by atoms with van der Waals surface area (Å²) in [6, 6.07) is -0.458. The first-order valence-corrected chi connectivity index (χ1v) is 3.96. The molecule has 0 bridgehead atoms. The van der Waals surface area contributed by atoms with Gasteiger partial charge in [-0.15, -0.1) is 0 Å². The molecule has 5 N–H and O–H groups in total. The second kappa shape index (κ2) is 5.36. The Morgan fingerprint density at radius 1 is 1.38 bits per heavy atom. The molecule has 0 saturated heterocycles. The SMILES string of the molecule is CC(C)NC(=O)NC(N)CC(=O)O. The third-order valence-electron chi connectivity index (χ3n) is 1.13. The van der Waals surface area contributed by atoms with Crippen LogP contribution in [-0.4, -0.2) is 29.3 Å². The second-order valence-corrected chi connectivity index (χ2v) is 2.98. The van der Waals surface area contributed by atoms with E-state index < -0.39 is 18.2 Å². The lowest BCUT2D eigenvalue weighted by atomic mass is 10.3. The molecule has 0 aromatic heterocycles. The summed E-state index contributed by atoms with van der Waals surface area (Å²) in [5.41, 5.74) is 5.30. The van der Waals surface area contributed by atoms with Crippen molar-refractivity contribution in [3.8, 4) is 0 Å². The van der Waals surface area contributed by atoms with E-state index in [1.807, 2.05) is 0 Å². The van der Waals surface area contributed by atoms with Crippen molar-refractivity contribution in [1.82, 2.24) is 10.6 Å². The summed E-state index contributed by atoms with van der Waals surface area (Å²) >= 11 is 0. The average molecular weight is 189 g/mol. The molecule has 2 amide bonds. The number of carbonyl (C=O) groups excluding carboxylic acids is 1. The Hall–Kier alpha value is -1.30. The molecule has 0 fully saturated rings. The van der Waals surface area contributed by atoms with Crippen molar-refractivity contribution in [3.05, 3.63) is 0 Å². The first-order chi connectivity index (χ1) is 5.91. The Bertz CT molecular complexity index is 193. The van der Waals surface area contributed by atoms with Crippen LogP contribution >= 0.6 is 0 Å². The fraction of sp³-hybridized carbons (Fsp3) is 0.714. The molecule has 0 aliphatic rings. The molecule has 0 saturated carbocycles. The highest BCUT2D eigenvalue weighted by molar-refractivity contribution is 5.75. The van der Waals surface area contributed by atoms with Gasteiger partial charge < -0.3 is 21.5 Å². The average Bonchev–Trinajstić information content (AvgIpc) is 1.80. The smallest absolute Gasteiger partial charge is 0.316 e. The molecular formula is C7H15N3O3. The maximum Gasteiger partial charge on any atom is 0.316 e. The van der Waals surface area contributed by atoms with Gasteiger partial charge in [-0.05, 0) is 13.8 Å². The molecule has 6 nitrogen and oxygen atoms in total. The van der Waals surface area contributed by atoms with E-state index in [1.165, 1.54) is 0 Å². The van der Waals surface area contributed by atoms with Gasteiger partial charge in [-0.1, -0.05) is 0 Å². The standard InChI is InChI=1S/C7H15N3O3/c1-4(2)9-7(13)10-5(8)3-6(11)12/h4-5H,3,8H2,1-2H3,(H,11,12)(H2,9,10,13). The summed E-state index contributed by atoms with van der Waals surface area (Å²) in [5, 5.41) is 13.1. The number of hydrogen-bond acceptors (Lipinski definition) is 3.